The molecule has 102 valence electrons. The predicted molar refractivity (Wildman–Crippen MR) is 73.9 cm³/mol. The molecule has 3 atom stereocenters. The summed E-state index contributed by atoms with van der Waals surface area (Å²) in [7, 11) is 1.73. The Morgan fingerprint density at radius 3 is 3.21 bits per heavy atom. The molecule has 4 rings (SSSR count). The summed E-state index contributed by atoms with van der Waals surface area (Å²) in [5.74, 6) is 2.63. The van der Waals surface area contributed by atoms with Gasteiger partial charge in [0.2, 0.25) is 0 Å². The Balaban J connectivity index is 1.88. The second kappa shape index (κ2) is 4.14. The van der Waals surface area contributed by atoms with Crippen LogP contribution in [0.25, 0.3) is 0 Å². The predicted octanol–water partition coefficient (Wildman–Crippen LogP) is 2.49. The lowest BCUT2D eigenvalue weighted by atomic mass is 9.59. The van der Waals surface area contributed by atoms with Crippen LogP contribution in [0.15, 0.2) is 18.2 Å². The lowest BCUT2D eigenvalue weighted by Crippen LogP contribution is -2.55. The van der Waals surface area contributed by atoms with Gasteiger partial charge in [0.1, 0.15) is 6.10 Å². The molecule has 3 aliphatic rings. The second-order valence-corrected chi connectivity index (χ2v) is 6.07. The lowest BCUT2D eigenvalue weighted by molar-refractivity contribution is 0.0314. The third-order valence-corrected chi connectivity index (χ3v) is 5.39. The van der Waals surface area contributed by atoms with Crippen LogP contribution in [-0.4, -0.2) is 26.3 Å². The minimum absolute atomic E-state index is 0.243. The summed E-state index contributed by atoms with van der Waals surface area (Å²) in [4.78, 5) is 0. The zero-order valence-corrected chi connectivity index (χ0v) is 11.4. The third-order valence-electron chi connectivity index (χ3n) is 5.39. The maximum absolute atomic E-state index is 6.34. The highest BCUT2D eigenvalue weighted by molar-refractivity contribution is 5.55. The Morgan fingerprint density at radius 1 is 1.37 bits per heavy atom. The average Bonchev–Trinajstić information content (AvgIpc) is 2.80. The third kappa shape index (κ3) is 1.42. The van der Waals surface area contributed by atoms with Crippen molar-refractivity contribution in [2.24, 2.45) is 5.92 Å². The number of hydrogen-bond acceptors (Lipinski definition) is 3. The van der Waals surface area contributed by atoms with Crippen LogP contribution in [0.2, 0.25) is 0 Å². The lowest BCUT2D eigenvalue weighted by Gasteiger charge is -2.48. The number of nitrogens with one attached hydrogen (secondary N) is 1. The fourth-order valence-electron chi connectivity index (χ4n) is 4.55. The molecule has 0 aromatic heterocycles. The van der Waals surface area contributed by atoms with Crippen molar-refractivity contribution in [2.45, 2.75) is 37.2 Å². The molecular weight excluding hydrogens is 238 g/mol. The second-order valence-electron chi connectivity index (χ2n) is 6.07. The highest BCUT2D eigenvalue weighted by atomic mass is 16.5. The first-order valence-corrected chi connectivity index (χ1v) is 7.41. The molecule has 19 heavy (non-hydrogen) atoms. The van der Waals surface area contributed by atoms with Crippen LogP contribution in [0.5, 0.6) is 11.5 Å². The average molecular weight is 259 g/mol. The van der Waals surface area contributed by atoms with Crippen molar-refractivity contribution >= 4 is 0 Å². The van der Waals surface area contributed by atoms with E-state index in [0.717, 1.165) is 24.6 Å². The van der Waals surface area contributed by atoms with E-state index in [-0.39, 0.29) is 5.41 Å². The van der Waals surface area contributed by atoms with Gasteiger partial charge in [0.25, 0.3) is 0 Å². The summed E-state index contributed by atoms with van der Waals surface area (Å²) in [6.07, 6.45) is 5.36. The van der Waals surface area contributed by atoms with Gasteiger partial charge < -0.3 is 14.8 Å². The normalized spacial score (nSPS) is 35.8. The standard InChI is InChI=1S/C16H21NO2/c1-18-13-6-3-5-12-15(13)19-14-7-2-4-11-10-17-9-8-16(11,12)14/h3,5-6,11,14,17H,2,4,7-10H2,1H3/t11-,14-,16-/m0/s1. The van der Waals surface area contributed by atoms with Crippen LogP contribution >= 0.6 is 0 Å². The number of ether oxygens (including phenoxy) is 2. The van der Waals surface area contributed by atoms with Gasteiger partial charge >= 0.3 is 0 Å². The molecule has 1 aliphatic carbocycles. The molecule has 1 spiro atoms. The molecule has 3 nitrogen and oxygen atoms in total. The number of benzene rings is 1. The summed E-state index contributed by atoms with van der Waals surface area (Å²) in [5.41, 5.74) is 1.65. The van der Waals surface area contributed by atoms with Crippen molar-refractivity contribution in [2.75, 3.05) is 20.2 Å². The van der Waals surface area contributed by atoms with Crippen molar-refractivity contribution in [1.29, 1.82) is 0 Å². The van der Waals surface area contributed by atoms with Crippen LogP contribution in [0.3, 0.4) is 0 Å². The molecule has 2 fully saturated rings. The first-order valence-electron chi connectivity index (χ1n) is 7.41. The summed E-state index contributed by atoms with van der Waals surface area (Å²) >= 11 is 0. The van der Waals surface area contributed by atoms with E-state index in [1.165, 1.54) is 31.2 Å². The van der Waals surface area contributed by atoms with E-state index >= 15 is 0 Å². The minimum Gasteiger partial charge on any atom is -0.493 e. The molecule has 3 heteroatoms. The number of methoxy groups -OCH3 is 1. The fraction of sp³-hybridized carbons (Fsp3) is 0.625. The molecule has 0 amide bonds. The van der Waals surface area contributed by atoms with Gasteiger partial charge in [-0.05, 0) is 50.8 Å². The summed E-state index contributed by atoms with van der Waals surface area (Å²) < 4.78 is 11.8. The van der Waals surface area contributed by atoms with Crippen LogP contribution in [0, 0.1) is 5.92 Å². The SMILES string of the molecule is COc1cccc2c1O[C@H]1CCC[C@H]3CNCC[C@@]231. The van der Waals surface area contributed by atoms with Gasteiger partial charge in [-0.3, -0.25) is 0 Å². The van der Waals surface area contributed by atoms with Crippen molar-refractivity contribution in [3.05, 3.63) is 23.8 Å². The Hall–Kier alpha value is -1.22. The monoisotopic (exact) mass is 259 g/mol. The van der Waals surface area contributed by atoms with Gasteiger partial charge in [0.15, 0.2) is 11.5 Å². The molecule has 1 saturated heterocycles. The zero-order valence-electron chi connectivity index (χ0n) is 11.4. The maximum Gasteiger partial charge on any atom is 0.165 e. The smallest absolute Gasteiger partial charge is 0.165 e. The Morgan fingerprint density at radius 2 is 2.32 bits per heavy atom. The van der Waals surface area contributed by atoms with Crippen LogP contribution < -0.4 is 14.8 Å². The Kier molecular flexibility index (Phi) is 2.52. The van der Waals surface area contributed by atoms with E-state index < -0.39 is 0 Å². The van der Waals surface area contributed by atoms with Crippen LogP contribution in [0.1, 0.15) is 31.2 Å². The highest BCUT2D eigenvalue weighted by Crippen LogP contribution is 2.57. The number of piperidine rings is 1. The molecule has 0 bridgehead atoms. The maximum atomic E-state index is 6.34. The first-order chi connectivity index (χ1) is 9.36. The Labute approximate surface area is 114 Å². The van der Waals surface area contributed by atoms with Crippen LogP contribution in [-0.2, 0) is 5.41 Å². The number of para-hydroxylation sites is 1. The largest absolute Gasteiger partial charge is 0.493 e. The van der Waals surface area contributed by atoms with Crippen molar-refractivity contribution in [3.63, 3.8) is 0 Å². The van der Waals surface area contributed by atoms with Crippen molar-refractivity contribution in [1.82, 2.24) is 5.32 Å². The van der Waals surface area contributed by atoms with Gasteiger partial charge in [0.05, 0.1) is 7.11 Å². The van der Waals surface area contributed by atoms with E-state index in [4.69, 9.17) is 9.47 Å². The fourth-order valence-corrected chi connectivity index (χ4v) is 4.55. The Bertz CT molecular complexity index is 500. The molecule has 0 radical (unpaired) electrons. The van der Waals surface area contributed by atoms with Gasteiger partial charge in [-0.15, -0.1) is 0 Å². The molecule has 1 saturated carbocycles. The quantitative estimate of drug-likeness (QED) is 0.840. The summed E-state index contributed by atoms with van der Waals surface area (Å²) in [5, 5.41) is 3.56. The van der Waals surface area contributed by atoms with E-state index in [1.807, 2.05) is 6.07 Å². The topological polar surface area (TPSA) is 30.5 Å². The van der Waals surface area contributed by atoms with E-state index in [1.54, 1.807) is 7.11 Å². The summed E-state index contributed by atoms with van der Waals surface area (Å²) in [6.45, 7) is 2.24. The first kappa shape index (κ1) is 11.6. The summed E-state index contributed by atoms with van der Waals surface area (Å²) in [6, 6.07) is 6.40. The molecule has 2 heterocycles. The van der Waals surface area contributed by atoms with Gasteiger partial charge in [-0.25, -0.2) is 0 Å². The zero-order chi connectivity index (χ0) is 12.9. The molecule has 0 unspecified atom stereocenters. The van der Waals surface area contributed by atoms with E-state index in [0.29, 0.717) is 12.0 Å². The molecule has 1 aromatic carbocycles. The molecule has 1 aromatic rings. The highest BCUT2D eigenvalue weighted by Gasteiger charge is 2.56. The van der Waals surface area contributed by atoms with E-state index in [2.05, 4.69) is 17.4 Å². The van der Waals surface area contributed by atoms with Gasteiger partial charge in [0, 0.05) is 11.0 Å². The minimum atomic E-state index is 0.243. The van der Waals surface area contributed by atoms with Crippen molar-refractivity contribution < 1.29 is 9.47 Å². The van der Waals surface area contributed by atoms with Crippen LogP contribution in [0.4, 0.5) is 0 Å². The molecule has 1 N–H and O–H groups in total. The van der Waals surface area contributed by atoms with Gasteiger partial charge in [-0.2, -0.15) is 0 Å². The van der Waals surface area contributed by atoms with E-state index in [9.17, 15) is 0 Å². The molecular formula is C16H21NO2. The number of fused-ring (bicyclic) bond motifs is 1. The van der Waals surface area contributed by atoms with Gasteiger partial charge in [-0.1, -0.05) is 12.1 Å². The number of rotatable bonds is 1. The van der Waals surface area contributed by atoms with Crippen molar-refractivity contribution in [3.8, 4) is 11.5 Å². The molecule has 2 aliphatic heterocycles. The number of hydrogen-bond donors (Lipinski definition) is 1.